The molecule has 0 spiro atoms. The number of amides is 1. The third-order valence-electron chi connectivity index (χ3n) is 5.23. The lowest BCUT2D eigenvalue weighted by Gasteiger charge is -2.32. The smallest absolute Gasteiger partial charge is 0.223 e. The second-order valence-electron chi connectivity index (χ2n) is 7.40. The minimum Gasteiger partial charge on any atom is -0.352 e. The first kappa shape index (κ1) is 20.3. The Morgan fingerprint density at radius 1 is 1.25 bits per heavy atom. The van der Waals surface area contributed by atoms with E-state index in [9.17, 15) is 13.6 Å². The molecule has 152 valence electrons. The number of hydrazine groups is 1. The van der Waals surface area contributed by atoms with Gasteiger partial charge in [-0.25, -0.2) is 13.8 Å². The lowest BCUT2D eigenvalue weighted by Crippen LogP contribution is -2.44. The number of aliphatic imine (C=N–C) groups is 1. The van der Waals surface area contributed by atoms with Crippen LogP contribution in [0.4, 0.5) is 8.78 Å². The van der Waals surface area contributed by atoms with Gasteiger partial charge in [0.1, 0.15) is 17.5 Å². The molecular formula is C20H27F2N5O. The van der Waals surface area contributed by atoms with Crippen molar-refractivity contribution in [3.05, 3.63) is 47.8 Å². The third kappa shape index (κ3) is 5.07. The van der Waals surface area contributed by atoms with Gasteiger partial charge in [-0.1, -0.05) is 6.07 Å². The van der Waals surface area contributed by atoms with E-state index in [0.29, 0.717) is 6.54 Å². The largest absolute Gasteiger partial charge is 0.352 e. The van der Waals surface area contributed by atoms with E-state index in [-0.39, 0.29) is 30.0 Å². The maximum atomic E-state index is 13.7. The second-order valence-corrected chi connectivity index (χ2v) is 7.40. The third-order valence-corrected chi connectivity index (χ3v) is 5.23. The molecule has 2 N–H and O–H groups in total. The van der Waals surface area contributed by atoms with Gasteiger partial charge >= 0.3 is 0 Å². The van der Waals surface area contributed by atoms with Crippen LogP contribution in [-0.2, 0) is 11.3 Å². The average Bonchev–Trinajstić information content (AvgIpc) is 2.68. The second kappa shape index (κ2) is 9.14. The first-order valence-electron chi connectivity index (χ1n) is 9.58. The zero-order valence-corrected chi connectivity index (χ0v) is 16.3. The van der Waals surface area contributed by atoms with Gasteiger partial charge in [0, 0.05) is 44.5 Å². The van der Waals surface area contributed by atoms with Gasteiger partial charge in [-0.2, -0.15) is 0 Å². The topological polar surface area (TPSA) is 60.0 Å². The van der Waals surface area contributed by atoms with Gasteiger partial charge in [0.05, 0.1) is 12.6 Å². The van der Waals surface area contributed by atoms with Gasteiger partial charge in [0.15, 0.2) is 0 Å². The van der Waals surface area contributed by atoms with E-state index in [1.165, 1.54) is 18.2 Å². The Bertz CT molecular complexity index is 737. The molecule has 0 atom stereocenters. The fourth-order valence-electron chi connectivity index (χ4n) is 3.53. The molecule has 6 nitrogen and oxygen atoms in total. The minimum atomic E-state index is -0.638. The van der Waals surface area contributed by atoms with Crippen molar-refractivity contribution in [1.82, 2.24) is 20.7 Å². The van der Waals surface area contributed by atoms with Crippen LogP contribution in [0.2, 0.25) is 0 Å². The van der Waals surface area contributed by atoms with E-state index in [2.05, 4.69) is 15.6 Å². The number of amidine groups is 1. The highest BCUT2D eigenvalue weighted by Gasteiger charge is 2.27. The first-order chi connectivity index (χ1) is 13.4. The Kier molecular flexibility index (Phi) is 6.61. The van der Waals surface area contributed by atoms with Gasteiger partial charge in [0.25, 0.3) is 0 Å². The van der Waals surface area contributed by atoms with E-state index in [1.807, 2.05) is 31.5 Å². The zero-order chi connectivity index (χ0) is 20.1. The van der Waals surface area contributed by atoms with Crippen LogP contribution in [0.15, 0.2) is 35.6 Å². The van der Waals surface area contributed by atoms with Crippen molar-refractivity contribution in [3.8, 4) is 0 Å². The summed E-state index contributed by atoms with van der Waals surface area (Å²) in [5, 5.41) is 9.91. The van der Waals surface area contributed by atoms with Crippen molar-refractivity contribution in [1.29, 1.82) is 0 Å². The van der Waals surface area contributed by atoms with Crippen LogP contribution in [-0.4, -0.2) is 48.4 Å². The molecule has 1 fully saturated rings. The molecule has 1 saturated carbocycles. The Morgan fingerprint density at radius 3 is 2.57 bits per heavy atom. The van der Waals surface area contributed by atoms with Gasteiger partial charge in [-0.05, 0) is 37.8 Å². The van der Waals surface area contributed by atoms with Crippen LogP contribution in [0.3, 0.4) is 0 Å². The normalized spacial score (nSPS) is 23.8. The average molecular weight is 391 g/mol. The molecule has 1 amide bonds. The van der Waals surface area contributed by atoms with E-state index in [1.54, 1.807) is 0 Å². The molecule has 8 heteroatoms. The Morgan fingerprint density at radius 2 is 1.93 bits per heavy atom. The summed E-state index contributed by atoms with van der Waals surface area (Å²) in [5.41, 5.74) is -0.0993. The highest BCUT2D eigenvalue weighted by atomic mass is 19.1. The number of hydrogen-bond donors (Lipinski definition) is 2. The van der Waals surface area contributed by atoms with Gasteiger partial charge in [-0.15, -0.1) is 0 Å². The Labute approximate surface area is 164 Å². The van der Waals surface area contributed by atoms with Gasteiger partial charge in [0.2, 0.25) is 5.91 Å². The summed E-state index contributed by atoms with van der Waals surface area (Å²) in [6.07, 6.45) is 6.91. The van der Waals surface area contributed by atoms with Crippen LogP contribution < -0.4 is 10.6 Å². The number of benzene rings is 1. The maximum absolute atomic E-state index is 13.7. The van der Waals surface area contributed by atoms with E-state index < -0.39 is 11.6 Å². The Balaban J connectivity index is 1.48. The van der Waals surface area contributed by atoms with Crippen LogP contribution >= 0.6 is 0 Å². The highest BCUT2D eigenvalue weighted by molar-refractivity contribution is 5.86. The molecule has 1 aliphatic carbocycles. The van der Waals surface area contributed by atoms with Crippen molar-refractivity contribution < 1.29 is 13.6 Å². The summed E-state index contributed by atoms with van der Waals surface area (Å²) in [6.45, 7) is 0.564. The summed E-state index contributed by atoms with van der Waals surface area (Å²) in [7, 11) is 3.95. The fourth-order valence-corrected chi connectivity index (χ4v) is 3.53. The summed E-state index contributed by atoms with van der Waals surface area (Å²) in [4.78, 5) is 17.2. The molecule has 0 radical (unpaired) electrons. The minimum absolute atomic E-state index is 0.0993. The lowest BCUT2D eigenvalue weighted by atomic mass is 9.85. The zero-order valence-electron chi connectivity index (χ0n) is 16.3. The van der Waals surface area contributed by atoms with Crippen LogP contribution in [0.1, 0.15) is 31.2 Å². The highest BCUT2D eigenvalue weighted by Crippen LogP contribution is 2.27. The van der Waals surface area contributed by atoms with Crippen molar-refractivity contribution >= 4 is 11.7 Å². The molecule has 0 bridgehead atoms. The Hall–Kier alpha value is -2.48. The fraction of sp³-hybridized carbons (Fsp3) is 0.500. The van der Waals surface area contributed by atoms with Crippen molar-refractivity contribution in [2.24, 2.45) is 10.9 Å². The molecule has 0 saturated heterocycles. The molecule has 28 heavy (non-hydrogen) atoms. The predicted molar refractivity (Wildman–Crippen MR) is 104 cm³/mol. The monoisotopic (exact) mass is 391 g/mol. The first-order valence-corrected chi connectivity index (χ1v) is 9.58. The molecule has 1 aromatic rings. The predicted octanol–water partition coefficient (Wildman–Crippen LogP) is 2.39. The molecule has 1 aliphatic heterocycles. The maximum Gasteiger partial charge on any atom is 0.223 e. The number of nitrogens with one attached hydrogen (secondary N) is 2. The lowest BCUT2D eigenvalue weighted by molar-refractivity contribution is -0.126. The summed E-state index contributed by atoms with van der Waals surface area (Å²) >= 11 is 0. The molecule has 3 rings (SSSR count). The number of nitrogens with zero attached hydrogens (tertiary/aromatic N) is 3. The van der Waals surface area contributed by atoms with Crippen molar-refractivity contribution in [3.63, 3.8) is 0 Å². The number of hydrogen-bond acceptors (Lipinski definition) is 4. The van der Waals surface area contributed by atoms with Crippen LogP contribution in [0, 0.1) is 17.6 Å². The van der Waals surface area contributed by atoms with Gasteiger partial charge < -0.3 is 15.6 Å². The molecule has 1 aromatic carbocycles. The molecule has 0 aromatic heterocycles. The van der Waals surface area contributed by atoms with Crippen molar-refractivity contribution in [2.45, 2.75) is 38.3 Å². The number of rotatable bonds is 5. The van der Waals surface area contributed by atoms with E-state index in [0.717, 1.165) is 31.5 Å². The van der Waals surface area contributed by atoms with Crippen LogP contribution in [0.25, 0.3) is 0 Å². The number of carbonyl (C=O) groups excluding carboxylic acids is 1. The number of halogens is 2. The SMILES string of the molecule is CN(C)N1C=CNC(=NC2CCC(C(=O)NCc3c(F)cccc3F)CC2)C1. The molecule has 2 aliphatic rings. The van der Waals surface area contributed by atoms with Gasteiger partial charge in [-0.3, -0.25) is 9.79 Å². The molecular weight excluding hydrogens is 364 g/mol. The van der Waals surface area contributed by atoms with Crippen molar-refractivity contribution in [2.75, 3.05) is 20.6 Å². The van der Waals surface area contributed by atoms with E-state index >= 15 is 0 Å². The quantitative estimate of drug-likeness (QED) is 0.809. The standard InChI is InChI=1S/C20H27F2N5O/c1-26(2)27-11-10-23-19(13-27)25-15-8-6-14(7-9-15)20(28)24-12-16-17(21)4-3-5-18(16)22/h3-5,10-11,14-15H,6-9,12-13H2,1-2H3,(H,23,25)(H,24,28). The molecule has 1 heterocycles. The summed E-state index contributed by atoms with van der Waals surface area (Å²) in [5.74, 6) is -0.643. The number of carbonyl (C=O) groups is 1. The van der Waals surface area contributed by atoms with Crippen LogP contribution in [0.5, 0.6) is 0 Å². The summed E-state index contributed by atoms with van der Waals surface area (Å²) in [6, 6.07) is 3.89. The molecule has 0 unspecified atom stereocenters. The van der Waals surface area contributed by atoms with E-state index in [4.69, 9.17) is 4.99 Å². The summed E-state index contributed by atoms with van der Waals surface area (Å²) < 4.78 is 27.3.